The maximum absolute atomic E-state index is 12.2. The van der Waals surface area contributed by atoms with E-state index in [-0.39, 0.29) is 37.0 Å². The van der Waals surface area contributed by atoms with Crippen LogP contribution in [0.2, 0.25) is 0 Å². The van der Waals surface area contributed by atoms with Crippen molar-refractivity contribution >= 4 is 17.6 Å². The minimum Gasteiger partial charge on any atom is -0.383 e. The molecule has 130 valence electrons. The monoisotopic (exact) mass is 332 g/mol. The van der Waals surface area contributed by atoms with Gasteiger partial charge in [-0.3, -0.25) is 14.4 Å². The van der Waals surface area contributed by atoms with Crippen molar-refractivity contribution in [3.05, 3.63) is 34.9 Å². The molecule has 24 heavy (non-hydrogen) atoms. The lowest BCUT2D eigenvalue weighted by Crippen LogP contribution is -2.38. The molecule has 0 unspecified atom stereocenters. The topological polar surface area (TPSA) is 84.5 Å². The molecule has 0 fully saturated rings. The van der Waals surface area contributed by atoms with Crippen LogP contribution in [0, 0.1) is 0 Å². The number of hydrogen-bond donors (Lipinski definition) is 2. The first kappa shape index (κ1) is 18.1. The number of nitrogens with one attached hydrogen (secondary N) is 2. The van der Waals surface area contributed by atoms with Gasteiger partial charge >= 0.3 is 0 Å². The molecule has 1 aliphatic rings. The number of aryl methyl sites for hydroxylation is 2. The average Bonchev–Trinajstić information content (AvgIpc) is 3.05. The molecule has 0 radical (unpaired) electrons. The highest BCUT2D eigenvalue weighted by molar-refractivity contribution is 5.98. The van der Waals surface area contributed by atoms with Crippen molar-refractivity contribution in [2.75, 3.05) is 26.8 Å². The molecule has 6 nitrogen and oxygen atoms in total. The predicted molar refractivity (Wildman–Crippen MR) is 89.9 cm³/mol. The first-order valence-corrected chi connectivity index (χ1v) is 8.27. The molecule has 0 saturated carbocycles. The summed E-state index contributed by atoms with van der Waals surface area (Å²) in [6, 6.07) is 5.81. The van der Waals surface area contributed by atoms with Gasteiger partial charge in [0.1, 0.15) is 0 Å². The Hall–Kier alpha value is -2.21. The summed E-state index contributed by atoms with van der Waals surface area (Å²) >= 11 is 0. The second-order valence-corrected chi connectivity index (χ2v) is 5.88. The van der Waals surface area contributed by atoms with Crippen LogP contribution < -0.4 is 10.6 Å². The largest absolute Gasteiger partial charge is 0.383 e. The maximum atomic E-state index is 12.2. The Kier molecular flexibility index (Phi) is 6.93. The Bertz CT molecular complexity index is 613. The van der Waals surface area contributed by atoms with Crippen LogP contribution in [0.5, 0.6) is 0 Å². The zero-order valence-corrected chi connectivity index (χ0v) is 14.0. The van der Waals surface area contributed by atoms with E-state index in [1.165, 1.54) is 11.1 Å². The lowest BCUT2D eigenvalue weighted by molar-refractivity contribution is -0.126. The first-order valence-electron chi connectivity index (χ1n) is 8.27. The molecule has 0 bridgehead atoms. The lowest BCUT2D eigenvalue weighted by Gasteiger charge is -2.07. The van der Waals surface area contributed by atoms with Crippen molar-refractivity contribution in [3.63, 3.8) is 0 Å². The third-order valence-corrected chi connectivity index (χ3v) is 4.07. The van der Waals surface area contributed by atoms with Crippen LogP contribution in [0.3, 0.4) is 0 Å². The number of rotatable bonds is 9. The van der Waals surface area contributed by atoms with E-state index < -0.39 is 0 Å². The minimum atomic E-state index is -0.300. The highest BCUT2D eigenvalue weighted by atomic mass is 16.5. The predicted octanol–water partition coefficient (Wildman–Crippen LogP) is 1.02. The number of benzene rings is 1. The summed E-state index contributed by atoms with van der Waals surface area (Å²) in [4.78, 5) is 35.4. The fourth-order valence-electron chi connectivity index (χ4n) is 2.74. The Balaban J connectivity index is 1.69. The van der Waals surface area contributed by atoms with Crippen molar-refractivity contribution in [1.82, 2.24) is 10.6 Å². The standard InChI is InChI=1S/C18H24N2O4/c1-24-10-9-19-18(23)12-20-17(22)8-7-16(21)15-6-5-13-3-2-4-14(13)11-15/h5-6,11H,2-4,7-10,12H2,1H3,(H,19,23)(H,20,22). The van der Waals surface area contributed by atoms with E-state index >= 15 is 0 Å². The third-order valence-electron chi connectivity index (χ3n) is 4.07. The van der Waals surface area contributed by atoms with Gasteiger partial charge in [0.25, 0.3) is 0 Å². The average molecular weight is 332 g/mol. The molecule has 0 aromatic heterocycles. The number of hydrogen-bond acceptors (Lipinski definition) is 4. The van der Waals surface area contributed by atoms with Gasteiger partial charge in [-0.25, -0.2) is 0 Å². The van der Waals surface area contributed by atoms with E-state index in [2.05, 4.69) is 10.6 Å². The van der Waals surface area contributed by atoms with Crippen LogP contribution in [0.25, 0.3) is 0 Å². The fourth-order valence-corrected chi connectivity index (χ4v) is 2.74. The van der Waals surface area contributed by atoms with Gasteiger partial charge in [0.15, 0.2) is 5.78 Å². The van der Waals surface area contributed by atoms with E-state index in [1.54, 1.807) is 7.11 Å². The number of amides is 2. The molecule has 1 aromatic rings. The Morgan fingerprint density at radius 3 is 2.62 bits per heavy atom. The highest BCUT2D eigenvalue weighted by Crippen LogP contribution is 2.23. The number of carbonyl (C=O) groups excluding carboxylic acids is 3. The Labute approximate surface area is 142 Å². The third kappa shape index (κ3) is 5.45. The number of carbonyl (C=O) groups is 3. The van der Waals surface area contributed by atoms with Crippen LogP contribution in [0.15, 0.2) is 18.2 Å². The van der Waals surface area contributed by atoms with Crippen molar-refractivity contribution in [2.24, 2.45) is 0 Å². The molecular formula is C18H24N2O4. The molecule has 0 aliphatic heterocycles. The van der Waals surface area contributed by atoms with Crippen molar-refractivity contribution in [1.29, 1.82) is 0 Å². The van der Waals surface area contributed by atoms with Gasteiger partial charge < -0.3 is 15.4 Å². The summed E-state index contributed by atoms with van der Waals surface area (Å²) < 4.78 is 4.81. The van der Waals surface area contributed by atoms with Gasteiger partial charge in [-0.15, -0.1) is 0 Å². The molecule has 0 saturated heterocycles. The van der Waals surface area contributed by atoms with Crippen LogP contribution in [0.4, 0.5) is 0 Å². The lowest BCUT2D eigenvalue weighted by atomic mass is 10.0. The summed E-state index contributed by atoms with van der Waals surface area (Å²) in [6.45, 7) is 0.743. The molecule has 2 amide bonds. The molecular weight excluding hydrogens is 308 g/mol. The second-order valence-electron chi connectivity index (χ2n) is 5.88. The molecule has 2 N–H and O–H groups in total. The van der Waals surface area contributed by atoms with Gasteiger partial charge in [-0.05, 0) is 36.5 Å². The van der Waals surface area contributed by atoms with Gasteiger partial charge in [0.2, 0.25) is 11.8 Å². The van der Waals surface area contributed by atoms with Crippen LogP contribution >= 0.6 is 0 Å². The zero-order valence-electron chi connectivity index (χ0n) is 14.0. The SMILES string of the molecule is COCCNC(=O)CNC(=O)CCC(=O)c1ccc2c(c1)CCC2. The van der Waals surface area contributed by atoms with Crippen LogP contribution in [-0.2, 0) is 27.2 Å². The number of methoxy groups -OCH3 is 1. The molecule has 1 aliphatic carbocycles. The minimum absolute atomic E-state index is 0.0376. The van der Waals surface area contributed by atoms with E-state index in [9.17, 15) is 14.4 Å². The van der Waals surface area contributed by atoms with Crippen LogP contribution in [0.1, 0.15) is 40.7 Å². The molecule has 0 atom stereocenters. The fraction of sp³-hybridized carbons (Fsp3) is 0.500. The number of Topliss-reactive ketones (excluding diaryl/α,β-unsaturated/α-hetero) is 1. The summed E-state index contributed by atoms with van der Waals surface area (Å²) in [5.41, 5.74) is 3.24. The first-order chi connectivity index (χ1) is 11.6. The summed E-state index contributed by atoms with van der Waals surface area (Å²) in [7, 11) is 1.55. The zero-order chi connectivity index (χ0) is 17.4. The maximum Gasteiger partial charge on any atom is 0.239 e. The number of fused-ring (bicyclic) bond motifs is 1. The van der Waals surface area contributed by atoms with E-state index in [0.29, 0.717) is 18.7 Å². The van der Waals surface area contributed by atoms with Gasteiger partial charge in [0, 0.05) is 32.1 Å². The summed E-state index contributed by atoms with van der Waals surface area (Å²) in [5, 5.41) is 5.12. The van der Waals surface area contributed by atoms with E-state index in [1.807, 2.05) is 18.2 Å². The molecule has 6 heteroatoms. The second kappa shape index (κ2) is 9.17. The summed E-state index contributed by atoms with van der Waals surface area (Å²) in [5.74, 6) is -0.610. The normalized spacial score (nSPS) is 12.5. The Morgan fingerprint density at radius 2 is 1.83 bits per heavy atom. The molecule has 0 spiro atoms. The Morgan fingerprint density at radius 1 is 1.04 bits per heavy atom. The van der Waals surface area contributed by atoms with E-state index in [0.717, 1.165) is 19.3 Å². The van der Waals surface area contributed by atoms with Crippen molar-refractivity contribution in [3.8, 4) is 0 Å². The highest BCUT2D eigenvalue weighted by Gasteiger charge is 2.15. The van der Waals surface area contributed by atoms with Gasteiger partial charge in [-0.1, -0.05) is 12.1 Å². The van der Waals surface area contributed by atoms with E-state index in [4.69, 9.17) is 4.74 Å². The quantitative estimate of drug-likeness (QED) is 0.522. The number of ketones is 1. The smallest absolute Gasteiger partial charge is 0.239 e. The van der Waals surface area contributed by atoms with Crippen LogP contribution in [-0.4, -0.2) is 44.4 Å². The molecule has 0 heterocycles. The molecule has 2 rings (SSSR count). The summed E-state index contributed by atoms with van der Waals surface area (Å²) in [6.07, 6.45) is 3.48. The van der Waals surface area contributed by atoms with Crippen molar-refractivity contribution < 1.29 is 19.1 Å². The van der Waals surface area contributed by atoms with Gasteiger partial charge in [-0.2, -0.15) is 0 Å². The van der Waals surface area contributed by atoms with Gasteiger partial charge in [0.05, 0.1) is 13.2 Å². The molecule has 1 aromatic carbocycles. The number of ether oxygens (including phenoxy) is 1. The van der Waals surface area contributed by atoms with Crippen molar-refractivity contribution in [2.45, 2.75) is 32.1 Å².